The first kappa shape index (κ1) is 65.6. The molecular weight excluding hydrogens is 1310 g/mol. The number of hydrogen-bond acceptors (Lipinski definition) is 6. The summed E-state index contributed by atoms with van der Waals surface area (Å²) < 4.78 is 0. The summed E-state index contributed by atoms with van der Waals surface area (Å²) in [5, 5.41) is 12.4. The number of rotatable bonds is 14. The lowest BCUT2D eigenvalue weighted by Crippen LogP contribution is -1.96. The van der Waals surface area contributed by atoms with Crippen molar-refractivity contribution < 1.29 is 0 Å². The maximum atomic E-state index is 5.22. The van der Waals surface area contributed by atoms with Crippen molar-refractivity contribution >= 4 is 66.0 Å². The molecule has 0 saturated heterocycles. The fourth-order valence-electron chi connectivity index (χ4n) is 15.1. The zero-order valence-corrected chi connectivity index (χ0v) is 59.0. The summed E-state index contributed by atoms with van der Waals surface area (Å²) in [5.74, 6) is 1.35. The molecule has 0 fully saturated rings. The minimum absolute atomic E-state index is 0.666. The van der Waals surface area contributed by atoms with E-state index in [0.717, 1.165) is 117 Å². The Kier molecular flexibility index (Phi) is 17.6. The number of benzene rings is 15. The Morgan fingerprint density at radius 2 is 0.444 bits per heavy atom. The average Bonchev–Trinajstić information content (AvgIpc) is 0.748. The molecule has 0 atom stereocenters. The molecule has 0 saturated carbocycles. The number of aromatic nitrogens is 6. The van der Waals surface area contributed by atoms with Gasteiger partial charge in [0.25, 0.3) is 0 Å². The van der Waals surface area contributed by atoms with E-state index < -0.39 is 0 Å². The van der Waals surface area contributed by atoms with Gasteiger partial charge in [0, 0.05) is 69.3 Å². The van der Waals surface area contributed by atoms with Crippen LogP contribution in [0.4, 0.5) is 0 Å². The molecule has 15 aromatic carbocycles. The molecule has 0 aliphatic carbocycles. The lowest BCUT2D eigenvalue weighted by molar-refractivity contribution is 1.18. The molecule has 4 aromatic heterocycles. The van der Waals surface area contributed by atoms with Gasteiger partial charge in [0.2, 0.25) is 0 Å². The second-order valence-electron chi connectivity index (χ2n) is 27.0. The van der Waals surface area contributed by atoms with E-state index in [-0.39, 0.29) is 0 Å². The summed E-state index contributed by atoms with van der Waals surface area (Å²) in [7, 11) is 0. The summed E-state index contributed by atoms with van der Waals surface area (Å²) >= 11 is 0. The molecule has 19 rings (SSSR count). The van der Waals surface area contributed by atoms with E-state index in [4.69, 9.17) is 19.9 Å². The Bertz CT molecular complexity index is 6560. The van der Waals surface area contributed by atoms with Crippen LogP contribution in [0.15, 0.2) is 390 Å². The van der Waals surface area contributed by atoms with Crippen molar-refractivity contribution in [3.05, 3.63) is 401 Å². The van der Waals surface area contributed by atoms with Gasteiger partial charge >= 0.3 is 0 Å². The Morgan fingerprint density at radius 3 is 0.898 bits per heavy atom. The second kappa shape index (κ2) is 29.0. The molecule has 6 heteroatoms. The van der Waals surface area contributed by atoms with Crippen LogP contribution in [0.25, 0.3) is 201 Å². The van der Waals surface area contributed by atoms with Crippen molar-refractivity contribution in [3.63, 3.8) is 0 Å². The SMILES string of the molecule is C=Cc1c(C=C)c2ccc(-c3cccc(-c4nc(-c5ccc(-c6ccccc6)cc5)cc(-c5cccc(-c6cccnc6)c5)n4)c3)cc2c2ccccc12.c1ccc(-c2ccc(-c3cc(-c4cccc(-c5cccnc5)c4)nc(-c4ccc(-c5ccc6c7ccccc7c7ccccc7c6c5)cc4)n3)cc2)cc1. The molecule has 19 aromatic rings. The molecule has 0 radical (unpaired) electrons. The first-order valence-corrected chi connectivity index (χ1v) is 36.3. The number of fused-ring (bicyclic) bond motifs is 9. The van der Waals surface area contributed by atoms with Crippen molar-refractivity contribution in [2.75, 3.05) is 0 Å². The van der Waals surface area contributed by atoms with Gasteiger partial charge in [-0.15, -0.1) is 0 Å². The molecule has 0 aliphatic heterocycles. The highest BCUT2D eigenvalue weighted by Gasteiger charge is 2.19. The molecule has 0 spiro atoms. The summed E-state index contributed by atoms with van der Waals surface area (Å²) in [4.78, 5) is 29.5. The van der Waals surface area contributed by atoms with E-state index in [0.29, 0.717) is 11.6 Å². The molecule has 108 heavy (non-hydrogen) atoms. The van der Waals surface area contributed by atoms with Crippen LogP contribution in [-0.2, 0) is 0 Å². The van der Waals surface area contributed by atoms with Gasteiger partial charge in [-0.25, -0.2) is 19.9 Å². The average molecular weight is 1380 g/mol. The maximum absolute atomic E-state index is 5.22. The maximum Gasteiger partial charge on any atom is 0.160 e. The number of pyridine rings is 2. The molecule has 4 heterocycles. The predicted molar refractivity (Wildman–Crippen MR) is 453 cm³/mol. The first-order valence-electron chi connectivity index (χ1n) is 36.3. The molecule has 0 amide bonds. The molecule has 0 bridgehead atoms. The molecule has 0 aliphatic rings. The van der Waals surface area contributed by atoms with Crippen LogP contribution < -0.4 is 0 Å². The first-order chi connectivity index (χ1) is 53.4. The van der Waals surface area contributed by atoms with Crippen LogP contribution in [-0.4, -0.2) is 29.9 Å². The summed E-state index contributed by atoms with van der Waals surface area (Å²) in [6.45, 7) is 8.28. The van der Waals surface area contributed by atoms with Crippen LogP contribution >= 0.6 is 0 Å². The third kappa shape index (κ3) is 13.0. The van der Waals surface area contributed by atoms with Crippen molar-refractivity contribution in [1.82, 2.24) is 29.9 Å². The fourth-order valence-corrected chi connectivity index (χ4v) is 15.1. The highest BCUT2D eigenvalue weighted by molar-refractivity contribution is 6.26. The minimum atomic E-state index is 0.666. The predicted octanol–water partition coefficient (Wildman–Crippen LogP) is 26.8. The standard InChI is InChI=1S/C51H33N3.C51H35N3/c1-2-10-34(11-3-1)35-19-23-37(24-20-35)49-32-50(41-13-8-12-39(30-41)42-14-9-29-52-33-42)54-51(53-49)38-25-21-36(22-26-38)40-27-28-47-45-17-5-4-15-43(45)44-16-6-7-18-46(44)48(47)31-40;1-3-43-44(4-2)47-27-26-39(31-48(47)46-21-9-8-20-45(43)46)37-15-11-18-41(30-37)51-53-49(36-24-22-35(23-25-36)34-13-6-5-7-14-34)32-50(54-51)40-17-10-16-38(29-40)42-19-12-28-52-33-42/h1-33H;3-33H,1-2H2. The van der Waals surface area contributed by atoms with Gasteiger partial charge in [-0.2, -0.15) is 0 Å². The van der Waals surface area contributed by atoms with Crippen molar-refractivity contribution in [2.45, 2.75) is 0 Å². The zero-order valence-electron chi connectivity index (χ0n) is 59.0. The van der Waals surface area contributed by atoms with Crippen LogP contribution in [0.1, 0.15) is 11.1 Å². The molecule has 0 unspecified atom stereocenters. The van der Waals surface area contributed by atoms with Gasteiger partial charge in [-0.05, 0) is 175 Å². The van der Waals surface area contributed by atoms with Gasteiger partial charge in [0.05, 0.1) is 22.8 Å². The van der Waals surface area contributed by atoms with Gasteiger partial charge in [-0.3, -0.25) is 9.97 Å². The van der Waals surface area contributed by atoms with Crippen LogP contribution in [0.3, 0.4) is 0 Å². The third-order valence-corrected chi connectivity index (χ3v) is 20.5. The molecule has 506 valence electrons. The van der Waals surface area contributed by atoms with Crippen LogP contribution in [0.2, 0.25) is 0 Å². The number of hydrogen-bond donors (Lipinski definition) is 0. The largest absolute Gasteiger partial charge is 0.264 e. The normalized spacial score (nSPS) is 11.2. The van der Waals surface area contributed by atoms with Crippen molar-refractivity contribution in [1.29, 1.82) is 0 Å². The minimum Gasteiger partial charge on any atom is -0.264 e. The lowest BCUT2D eigenvalue weighted by atomic mass is 9.89. The molecule has 0 N–H and O–H groups in total. The lowest BCUT2D eigenvalue weighted by Gasteiger charge is -2.15. The van der Waals surface area contributed by atoms with Crippen molar-refractivity contribution in [3.8, 4) is 135 Å². The summed E-state index contributed by atoms with van der Waals surface area (Å²) in [6.07, 6.45) is 11.3. The van der Waals surface area contributed by atoms with E-state index >= 15 is 0 Å². The molecular formula is C102H68N6. The zero-order chi connectivity index (χ0) is 72.3. The van der Waals surface area contributed by atoms with Gasteiger partial charge in [0.15, 0.2) is 11.6 Å². The monoisotopic (exact) mass is 1380 g/mol. The van der Waals surface area contributed by atoms with E-state index in [1.54, 1.807) is 12.4 Å². The Hall–Kier alpha value is -14.5. The quantitative estimate of drug-likeness (QED) is 0.101. The fraction of sp³-hybridized carbons (Fsp3) is 0. The van der Waals surface area contributed by atoms with Gasteiger partial charge < -0.3 is 0 Å². The van der Waals surface area contributed by atoms with E-state index in [1.807, 2.05) is 48.8 Å². The van der Waals surface area contributed by atoms with E-state index in [2.05, 4.69) is 351 Å². The van der Waals surface area contributed by atoms with Crippen LogP contribution in [0, 0.1) is 0 Å². The Labute approximate surface area is 627 Å². The van der Waals surface area contributed by atoms with E-state index in [9.17, 15) is 0 Å². The van der Waals surface area contributed by atoms with Crippen LogP contribution in [0.5, 0.6) is 0 Å². The Balaban J connectivity index is 0.000000152. The topological polar surface area (TPSA) is 77.3 Å². The smallest absolute Gasteiger partial charge is 0.160 e. The second-order valence-corrected chi connectivity index (χ2v) is 27.0. The molecule has 6 nitrogen and oxygen atoms in total. The summed E-state index contributed by atoms with van der Waals surface area (Å²) in [6, 6.07) is 124. The Morgan fingerprint density at radius 1 is 0.176 bits per heavy atom. The van der Waals surface area contributed by atoms with E-state index in [1.165, 1.54) is 70.7 Å². The van der Waals surface area contributed by atoms with Gasteiger partial charge in [0.1, 0.15) is 0 Å². The highest BCUT2D eigenvalue weighted by Crippen LogP contribution is 2.42. The summed E-state index contributed by atoms with van der Waals surface area (Å²) in [5.41, 5.74) is 25.2. The highest BCUT2D eigenvalue weighted by atomic mass is 14.9. The third-order valence-electron chi connectivity index (χ3n) is 20.5. The number of nitrogens with zero attached hydrogens (tertiary/aromatic N) is 6. The van der Waals surface area contributed by atoms with Crippen molar-refractivity contribution in [2.24, 2.45) is 0 Å². The van der Waals surface area contributed by atoms with Gasteiger partial charge in [-0.1, -0.05) is 323 Å².